The highest BCUT2D eigenvalue weighted by atomic mass is 35.5. The van der Waals surface area contributed by atoms with Gasteiger partial charge in [0.1, 0.15) is 11.6 Å². The molecule has 2 heterocycles. The molecule has 2 bridgehead atoms. The highest BCUT2D eigenvalue weighted by Crippen LogP contribution is 2.24. The van der Waals surface area contributed by atoms with E-state index in [0.717, 1.165) is 31.4 Å². The van der Waals surface area contributed by atoms with Gasteiger partial charge in [0.2, 0.25) is 0 Å². The van der Waals surface area contributed by atoms with Crippen LogP contribution in [0.2, 0.25) is 5.02 Å². The van der Waals surface area contributed by atoms with E-state index in [0.29, 0.717) is 19.1 Å². The van der Waals surface area contributed by atoms with Crippen molar-refractivity contribution in [2.24, 2.45) is 0 Å². The number of nitrogens with one attached hydrogen (secondary N) is 1. The molecule has 0 saturated carbocycles. The van der Waals surface area contributed by atoms with E-state index in [1.54, 1.807) is 4.90 Å². The van der Waals surface area contributed by atoms with Crippen LogP contribution in [0.5, 0.6) is 0 Å². The first kappa shape index (κ1) is 16.5. The molecule has 0 spiro atoms. The van der Waals surface area contributed by atoms with Gasteiger partial charge in [0.05, 0.1) is 10.6 Å². The van der Waals surface area contributed by atoms with Crippen LogP contribution in [0.25, 0.3) is 0 Å². The van der Waals surface area contributed by atoms with Gasteiger partial charge in [0.15, 0.2) is 0 Å². The monoisotopic (exact) mass is 336 g/mol. The van der Waals surface area contributed by atoms with Crippen LogP contribution >= 0.6 is 24.0 Å². The number of nitrogens with zero attached hydrogens (tertiary/aromatic N) is 1. The summed E-state index contributed by atoms with van der Waals surface area (Å²) in [4.78, 5) is 14.0. The Kier molecular flexibility index (Phi) is 5.07. The average molecular weight is 337 g/mol. The van der Waals surface area contributed by atoms with E-state index in [1.165, 1.54) is 0 Å². The maximum absolute atomic E-state index is 13.8. The zero-order valence-electron chi connectivity index (χ0n) is 11.2. The number of hydrogen-bond acceptors (Lipinski definition) is 2. The minimum Gasteiger partial charge on any atom is -0.337 e. The summed E-state index contributed by atoms with van der Waals surface area (Å²) in [5.74, 6) is -2.01. The molecule has 2 saturated heterocycles. The zero-order valence-corrected chi connectivity index (χ0v) is 12.8. The van der Waals surface area contributed by atoms with Crippen LogP contribution in [0.15, 0.2) is 12.1 Å². The summed E-state index contributed by atoms with van der Waals surface area (Å²) < 4.78 is 27.2. The van der Waals surface area contributed by atoms with Gasteiger partial charge in [-0.2, -0.15) is 0 Å². The first-order chi connectivity index (χ1) is 9.54. The predicted octanol–water partition coefficient (Wildman–Crippen LogP) is 3.01. The summed E-state index contributed by atoms with van der Waals surface area (Å²) in [7, 11) is 0. The summed E-state index contributed by atoms with van der Waals surface area (Å²) in [5.41, 5.74) is -0.246. The summed E-state index contributed by atoms with van der Waals surface area (Å²) >= 11 is 5.50. The molecule has 0 aromatic heterocycles. The minimum atomic E-state index is -0.774. The molecule has 1 aromatic rings. The number of rotatable bonds is 1. The van der Waals surface area contributed by atoms with Crippen molar-refractivity contribution in [3.05, 3.63) is 34.4 Å². The third-order valence-electron chi connectivity index (χ3n) is 4.05. The van der Waals surface area contributed by atoms with E-state index in [1.807, 2.05) is 0 Å². The van der Waals surface area contributed by atoms with Gasteiger partial charge in [-0.15, -0.1) is 12.4 Å². The summed E-state index contributed by atoms with van der Waals surface area (Å²) in [5, 5.41) is 3.13. The SMILES string of the molecule is Cl.O=C(c1cc(F)c(Cl)cc1F)N1CCC2CCC(C1)N2. The van der Waals surface area contributed by atoms with E-state index >= 15 is 0 Å². The van der Waals surface area contributed by atoms with Crippen molar-refractivity contribution in [2.45, 2.75) is 31.3 Å². The number of halogens is 4. The van der Waals surface area contributed by atoms with Crippen LogP contribution in [0.4, 0.5) is 8.78 Å². The molecule has 1 aromatic carbocycles. The Morgan fingerprint density at radius 3 is 2.67 bits per heavy atom. The third kappa shape index (κ3) is 3.30. The maximum Gasteiger partial charge on any atom is 0.256 e. The lowest BCUT2D eigenvalue weighted by Crippen LogP contribution is -2.39. The fourth-order valence-corrected chi connectivity index (χ4v) is 3.13. The van der Waals surface area contributed by atoms with Gasteiger partial charge in [-0.25, -0.2) is 8.78 Å². The van der Waals surface area contributed by atoms with Crippen LogP contribution in [0.1, 0.15) is 29.6 Å². The van der Waals surface area contributed by atoms with Crippen LogP contribution in [0, 0.1) is 11.6 Å². The van der Waals surface area contributed by atoms with Crippen LogP contribution in [0.3, 0.4) is 0 Å². The topological polar surface area (TPSA) is 32.3 Å². The van der Waals surface area contributed by atoms with E-state index in [4.69, 9.17) is 11.6 Å². The lowest BCUT2D eigenvalue weighted by molar-refractivity contribution is 0.0743. The number of carbonyl (C=O) groups is 1. The van der Waals surface area contributed by atoms with Crippen LogP contribution in [-0.2, 0) is 0 Å². The summed E-state index contributed by atoms with van der Waals surface area (Å²) in [6, 6.07) is 2.43. The van der Waals surface area contributed by atoms with Crippen LogP contribution in [-0.4, -0.2) is 36.0 Å². The molecule has 2 unspecified atom stereocenters. The first-order valence-corrected chi connectivity index (χ1v) is 7.12. The van der Waals surface area contributed by atoms with Crippen molar-refractivity contribution in [1.29, 1.82) is 0 Å². The van der Waals surface area contributed by atoms with Gasteiger partial charge >= 0.3 is 0 Å². The number of carbonyl (C=O) groups excluding carboxylic acids is 1. The molecule has 2 aliphatic rings. The van der Waals surface area contributed by atoms with Crippen LogP contribution < -0.4 is 5.32 Å². The molecule has 2 fully saturated rings. The normalized spacial score (nSPS) is 24.4. The standard InChI is InChI=1S/C14H15ClF2N2O.ClH/c15-11-6-12(16)10(5-13(11)17)14(20)19-4-3-8-1-2-9(7-19)18-8;/h5-6,8-9,18H,1-4,7H2;1H. The Morgan fingerprint density at radius 1 is 1.19 bits per heavy atom. The van der Waals surface area contributed by atoms with E-state index in [2.05, 4.69) is 5.32 Å². The number of benzene rings is 1. The van der Waals surface area contributed by atoms with Crippen molar-refractivity contribution in [2.75, 3.05) is 13.1 Å². The number of likely N-dealkylation sites (tertiary alicyclic amines) is 1. The van der Waals surface area contributed by atoms with Gasteiger partial charge < -0.3 is 10.2 Å². The van der Waals surface area contributed by atoms with E-state index < -0.39 is 17.5 Å². The van der Waals surface area contributed by atoms with E-state index in [-0.39, 0.29) is 29.0 Å². The molecule has 0 aliphatic carbocycles. The summed E-state index contributed by atoms with van der Waals surface area (Å²) in [6.45, 7) is 1.11. The first-order valence-electron chi connectivity index (χ1n) is 6.74. The van der Waals surface area contributed by atoms with E-state index in [9.17, 15) is 13.6 Å². The quantitative estimate of drug-likeness (QED) is 0.799. The fourth-order valence-electron chi connectivity index (χ4n) is 2.98. The van der Waals surface area contributed by atoms with Gasteiger partial charge in [-0.1, -0.05) is 11.6 Å². The highest BCUT2D eigenvalue weighted by molar-refractivity contribution is 6.30. The second-order valence-corrected chi connectivity index (χ2v) is 5.83. The Balaban J connectivity index is 0.00000161. The Labute approximate surface area is 133 Å². The molecule has 21 heavy (non-hydrogen) atoms. The number of fused-ring (bicyclic) bond motifs is 2. The maximum atomic E-state index is 13.8. The lowest BCUT2D eigenvalue weighted by Gasteiger charge is -2.24. The molecular formula is C14H16Cl2F2N2O. The van der Waals surface area contributed by atoms with Gasteiger partial charge in [-0.05, 0) is 31.4 Å². The van der Waals surface area contributed by atoms with Gasteiger partial charge in [0, 0.05) is 25.2 Å². The lowest BCUT2D eigenvalue weighted by atomic mass is 10.1. The second-order valence-electron chi connectivity index (χ2n) is 5.42. The van der Waals surface area contributed by atoms with Crippen molar-refractivity contribution in [3.8, 4) is 0 Å². The minimum absolute atomic E-state index is 0. The molecule has 1 N–H and O–H groups in total. The smallest absolute Gasteiger partial charge is 0.256 e. The van der Waals surface area contributed by atoms with Crippen molar-refractivity contribution >= 4 is 29.9 Å². The molecule has 1 amide bonds. The Bertz CT molecular complexity index is 556. The largest absolute Gasteiger partial charge is 0.337 e. The van der Waals surface area contributed by atoms with Crippen molar-refractivity contribution < 1.29 is 13.6 Å². The second kappa shape index (κ2) is 6.46. The molecule has 3 rings (SSSR count). The molecule has 116 valence electrons. The third-order valence-corrected chi connectivity index (χ3v) is 4.34. The Morgan fingerprint density at radius 2 is 1.90 bits per heavy atom. The van der Waals surface area contributed by atoms with Gasteiger partial charge in [-0.3, -0.25) is 4.79 Å². The van der Waals surface area contributed by atoms with Gasteiger partial charge in [0.25, 0.3) is 5.91 Å². The molecule has 0 radical (unpaired) electrons. The number of amides is 1. The molecule has 2 aliphatic heterocycles. The molecule has 2 atom stereocenters. The molecule has 7 heteroatoms. The average Bonchev–Trinajstić information content (AvgIpc) is 2.73. The Hall–Kier alpha value is -0.910. The summed E-state index contributed by atoms with van der Waals surface area (Å²) in [6.07, 6.45) is 2.99. The van der Waals surface area contributed by atoms with Crippen molar-refractivity contribution in [3.63, 3.8) is 0 Å². The molecular weight excluding hydrogens is 321 g/mol. The highest BCUT2D eigenvalue weighted by Gasteiger charge is 2.32. The predicted molar refractivity (Wildman–Crippen MR) is 79.1 cm³/mol. The fraction of sp³-hybridized carbons (Fsp3) is 0.500. The zero-order chi connectivity index (χ0) is 14.3. The van der Waals surface area contributed by atoms with Crippen molar-refractivity contribution in [1.82, 2.24) is 10.2 Å². The molecule has 3 nitrogen and oxygen atoms in total. The number of hydrogen-bond donors (Lipinski definition) is 1.